The molecule has 2 amide bonds. The van der Waals surface area contributed by atoms with Crippen LogP contribution in [-0.2, 0) is 15.0 Å². The standard InChI is InChI=1S/C22H23N3O2/c1-15-8-10-17(11-9-15)22(2,3)14-24-20(26)21(27)25-19-13-23-12-16-6-4-5-7-18(16)19/h4-13H,14H2,1-3H3,(H,24,26)(H,25,27). The summed E-state index contributed by atoms with van der Waals surface area (Å²) in [5.74, 6) is -1.36. The van der Waals surface area contributed by atoms with Crippen molar-refractivity contribution in [3.8, 4) is 0 Å². The van der Waals surface area contributed by atoms with E-state index < -0.39 is 11.8 Å². The Morgan fingerprint density at radius 1 is 0.963 bits per heavy atom. The minimum atomic E-state index is -0.701. The van der Waals surface area contributed by atoms with E-state index in [1.807, 2.05) is 69.3 Å². The monoisotopic (exact) mass is 361 g/mol. The first-order chi connectivity index (χ1) is 12.9. The number of hydrogen-bond acceptors (Lipinski definition) is 3. The fourth-order valence-electron chi connectivity index (χ4n) is 2.88. The van der Waals surface area contributed by atoms with Crippen molar-refractivity contribution < 1.29 is 9.59 Å². The lowest BCUT2D eigenvalue weighted by Crippen LogP contribution is -2.42. The minimum Gasteiger partial charge on any atom is -0.347 e. The van der Waals surface area contributed by atoms with E-state index in [9.17, 15) is 9.59 Å². The van der Waals surface area contributed by atoms with E-state index in [4.69, 9.17) is 0 Å². The molecule has 5 heteroatoms. The molecule has 0 aliphatic heterocycles. The number of carbonyl (C=O) groups excluding carboxylic acids is 2. The lowest BCUT2D eigenvalue weighted by Gasteiger charge is -2.25. The largest absolute Gasteiger partial charge is 0.347 e. The molecule has 0 spiro atoms. The van der Waals surface area contributed by atoms with Gasteiger partial charge in [0, 0.05) is 28.9 Å². The Kier molecular flexibility index (Phi) is 5.21. The summed E-state index contributed by atoms with van der Waals surface area (Å²) in [7, 11) is 0. The number of carbonyl (C=O) groups is 2. The van der Waals surface area contributed by atoms with Crippen LogP contribution in [0.25, 0.3) is 10.8 Å². The van der Waals surface area contributed by atoms with Crippen LogP contribution < -0.4 is 10.6 Å². The first-order valence-corrected chi connectivity index (χ1v) is 8.86. The van der Waals surface area contributed by atoms with Gasteiger partial charge in [-0.2, -0.15) is 0 Å². The van der Waals surface area contributed by atoms with Gasteiger partial charge in [0.15, 0.2) is 0 Å². The minimum absolute atomic E-state index is 0.287. The summed E-state index contributed by atoms with van der Waals surface area (Å²) in [4.78, 5) is 28.7. The number of aromatic nitrogens is 1. The first kappa shape index (κ1) is 18.6. The van der Waals surface area contributed by atoms with Gasteiger partial charge in [-0.25, -0.2) is 0 Å². The number of nitrogens with zero attached hydrogens (tertiary/aromatic N) is 1. The molecule has 0 aliphatic carbocycles. The average Bonchev–Trinajstić information content (AvgIpc) is 2.67. The Bertz CT molecular complexity index is 973. The maximum Gasteiger partial charge on any atom is 0.313 e. The smallest absolute Gasteiger partial charge is 0.313 e. The van der Waals surface area contributed by atoms with Crippen LogP contribution in [0.1, 0.15) is 25.0 Å². The van der Waals surface area contributed by atoms with Gasteiger partial charge in [0.2, 0.25) is 0 Å². The summed E-state index contributed by atoms with van der Waals surface area (Å²) < 4.78 is 0. The number of rotatable bonds is 4. The number of pyridine rings is 1. The van der Waals surface area contributed by atoms with Crippen molar-refractivity contribution in [2.75, 3.05) is 11.9 Å². The molecule has 2 aromatic carbocycles. The number of nitrogens with one attached hydrogen (secondary N) is 2. The van der Waals surface area contributed by atoms with Gasteiger partial charge in [-0.1, -0.05) is 67.9 Å². The molecule has 0 saturated carbocycles. The van der Waals surface area contributed by atoms with Crippen LogP contribution in [0.5, 0.6) is 0 Å². The summed E-state index contributed by atoms with van der Waals surface area (Å²) in [6.07, 6.45) is 3.26. The van der Waals surface area contributed by atoms with Crippen LogP contribution in [0.4, 0.5) is 5.69 Å². The molecule has 0 radical (unpaired) electrons. The van der Waals surface area contributed by atoms with Gasteiger partial charge in [0.1, 0.15) is 0 Å². The van der Waals surface area contributed by atoms with Crippen molar-refractivity contribution in [2.24, 2.45) is 0 Å². The number of amides is 2. The van der Waals surface area contributed by atoms with Crippen molar-refractivity contribution in [3.05, 3.63) is 72.1 Å². The molecule has 3 rings (SSSR count). The highest BCUT2D eigenvalue weighted by atomic mass is 16.2. The van der Waals surface area contributed by atoms with E-state index >= 15 is 0 Å². The second kappa shape index (κ2) is 7.58. The van der Waals surface area contributed by atoms with Gasteiger partial charge in [-0.3, -0.25) is 14.6 Å². The van der Waals surface area contributed by atoms with E-state index in [1.165, 1.54) is 5.56 Å². The predicted octanol–water partition coefficient (Wildman–Crippen LogP) is 3.58. The zero-order valence-electron chi connectivity index (χ0n) is 15.7. The van der Waals surface area contributed by atoms with Crippen molar-refractivity contribution in [3.63, 3.8) is 0 Å². The van der Waals surface area contributed by atoms with Gasteiger partial charge in [-0.15, -0.1) is 0 Å². The van der Waals surface area contributed by atoms with Crippen LogP contribution in [-0.4, -0.2) is 23.3 Å². The number of aryl methyl sites for hydroxylation is 1. The highest BCUT2D eigenvalue weighted by Gasteiger charge is 2.23. The topological polar surface area (TPSA) is 71.1 Å². The third kappa shape index (κ3) is 4.31. The fourth-order valence-corrected chi connectivity index (χ4v) is 2.88. The van der Waals surface area contributed by atoms with Gasteiger partial charge in [0.25, 0.3) is 0 Å². The molecule has 0 saturated heterocycles. The summed E-state index contributed by atoms with van der Waals surface area (Å²) >= 11 is 0. The third-order valence-electron chi connectivity index (χ3n) is 4.65. The molecular formula is C22H23N3O2. The molecule has 0 aliphatic rings. The van der Waals surface area contributed by atoms with Gasteiger partial charge >= 0.3 is 11.8 Å². The predicted molar refractivity (Wildman–Crippen MR) is 108 cm³/mol. The van der Waals surface area contributed by atoms with Gasteiger partial charge < -0.3 is 10.6 Å². The summed E-state index contributed by atoms with van der Waals surface area (Å²) in [6.45, 7) is 6.45. The molecule has 138 valence electrons. The Morgan fingerprint density at radius 3 is 2.41 bits per heavy atom. The summed E-state index contributed by atoms with van der Waals surface area (Å²) in [6, 6.07) is 15.7. The maximum absolute atomic E-state index is 12.3. The molecule has 1 heterocycles. The molecule has 0 bridgehead atoms. The van der Waals surface area contributed by atoms with Crippen LogP contribution in [0.3, 0.4) is 0 Å². The Morgan fingerprint density at radius 2 is 1.67 bits per heavy atom. The zero-order chi connectivity index (χ0) is 19.4. The Hall–Kier alpha value is -3.21. The molecule has 0 atom stereocenters. The second-order valence-corrected chi connectivity index (χ2v) is 7.29. The fraction of sp³-hybridized carbons (Fsp3) is 0.227. The Balaban J connectivity index is 1.65. The quantitative estimate of drug-likeness (QED) is 0.698. The Labute approximate surface area is 158 Å². The molecule has 0 unspecified atom stereocenters. The lowest BCUT2D eigenvalue weighted by atomic mass is 9.84. The highest BCUT2D eigenvalue weighted by Crippen LogP contribution is 2.23. The number of benzene rings is 2. The van der Waals surface area contributed by atoms with Crippen LogP contribution in [0.15, 0.2) is 60.9 Å². The average molecular weight is 361 g/mol. The zero-order valence-corrected chi connectivity index (χ0v) is 15.7. The SMILES string of the molecule is Cc1ccc(C(C)(C)CNC(=O)C(=O)Nc2cncc3ccccc23)cc1. The number of anilines is 1. The highest BCUT2D eigenvalue weighted by molar-refractivity contribution is 6.40. The molecule has 0 fully saturated rings. The van der Waals surface area contributed by atoms with E-state index in [2.05, 4.69) is 15.6 Å². The summed E-state index contributed by atoms with van der Waals surface area (Å²) in [5, 5.41) is 7.13. The van der Waals surface area contributed by atoms with Gasteiger partial charge in [0.05, 0.1) is 11.9 Å². The van der Waals surface area contributed by atoms with Crippen molar-refractivity contribution in [2.45, 2.75) is 26.2 Å². The normalized spacial score (nSPS) is 11.2. The maximum atomic E-state index is 12.3. The molecule has 1 aromatic heterocycles. The molecule has 5 nitrogen and oxygen atoms in total. The number of hydrogen-bond donors (Lipinski definition) is 2. The summed E-state index contributed by atoms with van der Waals surface area (Å²) in [5.41, 5.74) is 2.52. The van der Waals surface area contributed by atoms with Crippen LogP contribution in [0.2, 0.25) is 0 Å². The molecule has 2 N–H and O–H groups in total. The van der Waals surface area contributed by atoms with E-state index in [1.54, 1.807) is 12.4 Å². The third-order valence-corrected chi connectivity index (χ3v) is 4.65. The van der Waals surface area contributed by atoms with E-state index in [0.29, 0.717) is 12.2 Å². The van der Waals surface area contributed by atoms with Crippen molar-refractivity contribution >= 4 is 28.3 Å². The van der Waals surface area contributed by atoms with Crippen LogP contribution >= 0.6 is 0 Å². The molecule has 27 heavy (non-hydrogen) atoms. The first-order valence-electron chi connectivity index (χ1n) is 8.86. The molecule has 3 aromatic rings. The van der Waals surface area contributed by atoms with Gasteiger partial charge in [-0.05, 0) is 12.5 Å². The van der Waals surface area contributed by atoms with E-state index in [-0.39, 0.29) is 5.41 Å². The lowest BCUT2D eigenvalue weighted by molar-refractivity contribution is -0.136. The van der Waals surface area contributed by atoms with Crippen molar-refractivity contribution in [1.82, 2.24) is 10.3 Å². The van der Waals surface area contributed by atoms with Crippen molar-refractivity contribution in [1.29, 1.82) is 0 Å². The van der Waals surface area contributed by atoms with E-state index in [0.717, 1.165) is 16.3 Å². The second-order valence-electron chi connectivity index (χ2n) is 7.29. The van der Waals surface area contributed by atoms with Crippen LogP contribution in [0, 0.1) is 6.92 Å². The molecular weight excluding hydrogens is 338 g/mol. The number of fused-ring (bicyclic) bond motifs is 1.